The second kappa shape index (κ2) is 5.09. The molecule has 3 rings (SSSR count). The molecule has 0 unspecified atom stereocenters. The van der Waals surface area contributed by atoms with E-state index in [-0.39, 0.29) is 18.3 Å². The first-order chi connectivity index (χ1) is 9.70. The van der Waals surface area contributed by atoms with Gasteiger partial charge in [0.2, 0.25) is 5.78 Å². The third-order valence-electron chi connectivity index (χ3n) is 3.23. The maximum absolute atomic E-state index is 12.3. The molecule has 20 heavy (non-hydrogen) atoms. The maximum atomic E-state index is 12.3. The SMILES string of the molecule is CCN1C(=O)COc2ccc(C(=O)c3cccs3)cc21. The van der Waals surface area contributed by atoms with Gasteiger partial charge in [-0.15, -0.1) is 11.3 Å². The molecule has 0 fully saturated rings. The Bertz CT molecular complexity index is 664. The lowest BCUT2D eigenvalue weighted by atomic mass is 10.1. The lowest BCUT2D eigenvalue weighted by molar-refractivity contribution is -0.121. The molecule has 0 saturated heterocycles. The predicted molar refractivity (Wildman–Crippen MR) is 77.7 cm³/mol. The number of carbonyl (C=O) groups excluding carboxylic acids is 2. The van der Waals surface area contributed by atoms with Crippen molar-refractivity contribution in [2.45, 2.75) is 6.92 Å². The Morgan fingerprint density at radius 2 is 2.25 bits per heavy atom. The Balaban J connectivity index is 2.02. The van der Waals surface area contributed by atoms with Crippen LogP contribution in [0.1, 0.15) is 22.2 Å². The van der Waals surface area contributed by atoms with Gasteiger partial charge < -0.3 is 9.64 Å². The van der Waals surface area contributed by atoms with Crippen molar-refractivity contribution >= 4 is 28.7 Å². The lowest BCUT2D eigenvalue weighted by Gasteiger charge is -2.28. The Hall–Kier alpha value is -2.14. The monoisotopic (exact) mass is 287 g/mol. The number of anilines is 1. The molecule has 0 N–H and O–H groups in total. The molecule has 2 aromatic rings. The third-order valence-corrected chi connectivity index (χ3v) is 4.09. The van der Waals surface area contributed by atoms with Gasteiger partial charge in [0, 0.05) is 12.1 Å². The van der Waals surface area contributed by atoms with Crippen LogP contribution in [0.25, 0.3) is 0 Å². The van der Waals surface area contributed by atoms with Crippen molar-refractivity contribution in [2.24, 2.45) is 0 Å². The van der Waals surface area contributed by atoms with E-state index in [9.17, 15) is 9.59 Å². The van der Waals surface area contributed by atoms with Gasteiger partial charge in [0.1, 0.15) is 5.75 Å². The van der Waals surface area contributed by atoms with Crippen LogP contribution in [-0.2, 0) is 4.79 Å². The summed E-state index contributed by atoms with van der Waals surface area (Å²) in [6.45, 7) is 2.52. The molecular formula is C15H13NO3S. The largest absolute Gasteiger partial charge is 0.482 e. The number of nitrogens with zero attached hydrogens (tertiary/aromatic N) is 1. The van der Waals surface area contributed by atoms with Crippen molar-refractivity contribution in [2.75, 3.05) is 18.1 Å². The summed E-state index contributed by atoms with van der Waals surface area (Å²) in [5.74, 6) is 0.534. The highest BCUT2D eigenvalue weighted by Gasteiger charge is 2.25. The number of carbonyl (C=O) groups is 2. The summed E-state index contributed by atoms with van der Waals surface area (Å²) in [5.41, 5.74) is 1.24. The predicted octanol–water partition coefficient (Wildman–Crippen LogP) is 2.72. The molecule has 0 saturated carbocycles. The number of likely N-dealkylation sites (N-methyl/N-ethyl adjacent to an activating group) is 1. The van der Waals surface area contributed by atoms with Gasteiger partial charge in [0.25, 0.3) is 5.91 Å². The van der Waals surface area contributed by atoms with E-state index < -0.39 is 0 Å². The van der Waals surface area contributed by atoms with Crippen LogP contribution >= 0.6 is 11.3 Å². The second-order valence-corrected chi connectivity index (χ2v) is 5.36. The highest BCUT2D eigenvalue weighted by atomic mass is 32.1. The summed E-state index contributed by atoms with van der Waals surface area (Å²) in [6.07, 6.45) is 0. The van der Waals surface area contributed by atoms with Gasteiger partial charge in [-0.3, -0.25) is 9.59 Å². The molecule has 1 aromatic heterocycles. The van der Waals surface area contributed by atoms with Crippen LogP contribution < -0.4 is 9.64 Å². The van der Waals surface area contributed by atoms with Gasteiger partial charge in [0.05, 0.1) is 10.6 Å². The van der Waals surface area contributed by atoms with Crippen molar-refractivity contribution < 1.29 is 14.3 Å². The summed E-state index contributed by atoms with van der Waals surface area (Å²) in [5, 5.41) is 1.87. The first-order valence-corrected chi connectivity index (χ1v) is 7.24. The molecule has 102 valence electrons. The molecule has 2 heterocycles. The lowest BCUT2D eigenvalue weighted by Crippen LogP contribution is -2.38. The maximum Gasteiger partial charge on any atom is 0.265 e. The zero-order valence-electron chi connectivity index (χ0n) is 11.0. The minimum Gasteiger partial charge on any atom is -0.482 e. The van der Waals surface area contributed by atoms with E-state index in [1.54, 1.807) is 29.2 Å². The Labute approximate surface area is 120 Å². The van der Waals surface area contributed by atoms with Crippen LogP contribution in [-0.4, -0.2) is 24.8 Å². The zero-order valence-corrected chi connectivity index (χ0v) is 11.8. The highest BCUT2D eigenvalue weighted by Crippen LogP contribution is 2.33. The van der Waals surface area contributed by atoms with Gasteiger partial charge in [-0.25, -0.2) is 0 Å². The van der Waals surface area contributed by atoms with Gasteiger partial charge in [-0.1, -0.05) is 6.07 Å². The number of fused-ring (bicyclic) bond motifs is 1. The number of benzene rings is 1. The van der Waals surface area contributed by atoms with Crippen molar-refractivity contribution in [3.63, 3.8) is 0 Å². The molecule has 1 aliphatic heterocycles. The summed E-state index contributed by atoms with van der Waals surface area (Å²) < 4.78 is 5.39. The highest BCUT2D eigenvalue weighted by molar-refractivity contribution is 7.12. The summed E-state index contributed by atoms with van der Waals surface area (Å²) in [7, 11) is 0. The first-order valence-electron chi connectivity index (χ1n) is 6.36. The quantitative estimate of drug-likeness (QED) is 0.815. The van der Waals surface area contributed by atoms with Gasteiger partial charge >= 0.3 is 0 Å². The van der Waals surface area contributed by atoms with Crippen molar-refractivity contribution in [1.29, 1.82) is 0 Å². The molecule has 5 heteroatoms. The van der Waals surface area contributed by atoms with E-state index in [0.717, 1.165) is 0 Å². The Morgan fingerprint density at radius 1 is 1.40 bits per heavy atom. The van der Waals surface area contributed by atoms with E-state index in [2.05, 4.69) is 0 Å². The average Bonchev–Trinajstić information content (AvgIpc) is 3.00. The van der Waals surface area contributed by atoms with Gasteiger partial charge in [-0.05, 0) is 36.6 Å². The fourth-order valence-corrected chi connectivity index (χ4v) is 2.93. The van der Waals surface area contributed by atoms with Crippen LogP contribution in [0.5, 0.6) is 5.75 Å². The van der Waals surface area contributed by atoms with E-state index in [1.807, 2.05) is 18.4 Å². The number of amides is 1. The van der Waals surface area contributed by atoms with Crippen LogP contribution in [0.3, 0.4) is 0 Å². The second-order valence-electron chi connectivity index (χ2n) is 4.42. The smallest absolute Gasteiger partial charge is 0.265 e. The topological polar surface area (TPSA) is 46.6 Å². The van der Waals surface area contributed by atoms with Crippen molar-refractivity contribution in [3.8, 4) is 5.75 Å². The van der Waals surface area contributed by atoms with Crippen LogP contribution in [0.15, 0.2) is 35.7 Å². The van der Waals surface area contributed by atoms with E-state index >= 15 is 0 Å². The molecule has 1 aliphatic rings. The van der Waals surface area contributed by atoms with E-state index in [1.165, 1.54) is 11.3 Å². The van der Waals surface area contributed by atoms with Crippen molar-refractivity contribution in [1.82, 2.24) is 0 Å². The molecular weight excluding hydrogens is 274 g/mol. The molecule has 4 nitrogen and oxygen atoms in total. The van der Waals surface area contributed by atoms with Crippen LogP contribution in [0.2, 0.25) is 0 Å². The fourth-order valence-electron chi connectivity index (χ4n) is 2.24. The number of thiophene rings is 1. The molecule has 0 spiro atoms. The molecule has 0 atom stereocenters. The van der Waals surface area contributed by atoms with Crippen LogP contribution in [0, 0.1) is 0 Å². The number of ether oxygens (including phenoxy) is 1. The summed E-state index contributed by atoms with van der Waals surface area (Å²) in [4.78, 5) is 26.5. The van der Waals surface area contributed by atoms with Gasteiger partial charge in [0.15, 0.2) is 6.61 Å². The Morgan fingerprint density at radius 3 is 2.95 bits per heavy atom. The van der Waals surface area contributed by atoms with E-state index in [0.29, 0.717) is 28.4 Å². The minimum absolute atomic E-state index is 0.0307. The fraction of sp³-hybridized carbons (Fsp3) is 0.200. The standard InChI is InChI=1S/C15H13NO3S/c1-2-16-11-8-10(15(18)13-4-3-7-20-13)5-6-12(11)19-9-14(16)17/h3-8H,2,9H2,1H3. The molecule has 1 amide bonds. The van der Waals surface area contributed by atoms with Gasteiger partial charge in [-0.2, -0.15) is 0 Å². The number of rotatable bonds is 3. The molecule has 0 radical (unpaired) electrons. The summed E-state index contributed by atoms with van der Waals surface area (Å²) in [6, 6.07) is 8.88. The minimum atomic E-state index is -0.0827. The third kappa shape index (κ3) is 2.10. The zero-order chi connectivity index (χ0) is 14.1. The molecule has 0 bridgehead atoms. The number of hydrogen-bond acceptors (Lipinski definition) is 4. The normalized spacial score (nSPS) is 13.8. The average molecular weight is 287 g/mol. The van der Waals surface area contributed by atoms with E-state index in [4.69, 9.17) is 4.74 Å². The van der Waals surface area contributed by atoms with Crippen molar-refractivity contribution in [3.05, 3.63) is 46.2 Å². The molecule has 1 aromatic carbocycles. The summed E-state index contributed by atoms with van der Waals surface area (Å²) >= 11 is 1.41. The molecule has 0 aliphatic carbocycles. The number of ketones is 1. The number of hydrogen-bond donors (Lipinski definition) is 0. The first kappa shape index (κ1) is 12.9. The Kier molecular flexibility index (Phi) is 3.28. The van der Waals surface area contributed by atoms with Crippen LogP contribution in [0.4, 0.5) is 5.69 Å².